The number of ether oxygens (including phenoxy) is 1. The summed E-state index contributed by atoms with van der Waals surface area (Å²) in [6.45, 7) is 13.1. The third-order valence-electron chi connectivity index (χ3n) is 2.85. The molecule has 1 aromatic rings. The summed E-state index contributed by atoms with van der Waals surface area (Å²) >= 11 is 0. The minimum absolute atomic E-state index is 0.0741. The van der Waals surface area contributed by atoms with Gasteiger partial charge in [0.1, 0.15) is 0 Å². The summed E-state index contributed by atoms with van der Waals surface area (Å²) in [7, 11) is 0. The molecule has 7 heteroatoms. The summed E-state index contributed by atoms with van der Waals surface area (Å²) in [4.78, 5) is 20.6. The molecule has 1 aromatic heterocycles. The number of carbonyl (C=O) groups is 1. The van der Waals surface area contributed by atoms with Gasteiger partial charge in [-0.25, -0.2) is 9.98 Å². The Morgan fingerprint density at radius 3 is 2.52 bits per heavy atom. The Balaban J connectivity index is 2.58. The van der Waals surface area contributed by atoms with Crippen LogP contribution in [0.4, 0.5) is 0 Å². The average molecular weight is 349 g/mol. The van der Waals surface area contributed by atoms with E-state index in [0.29, 0.717) is 24.9 Å². The number of aliphatic imine (C=N–C) groups is 1. The zero-order valence-electron chi connectivity index (χ0n) is 16.1. The van der Waals surface area contributed by atoms with Crippen molar-refractivity contribution in [2.75, 3.05) is 13.1 Å². The number of hydrogen-bond acceptors (Lipinski definition) is 4. The van der Waals surface area contributed by atoms with E-state index in [0.717, 1.165) is 5.56 Å². The van der Waals surface area contributed by atoms with Crippen LogP contribution in [0.5, 0.6) is 5.88 Å². The lowest BCUT2D eigenvalue weighted by molar-refractivity contribution is -0.121. The average Bonchev–Trinajstić information content (AvgIpc) is 2.49. The molecule has 0 saturated heterocycles. The largest absolute Gasteiger partial charge is 0.475 e. The lowest BCUT2D eigenvalue weighted by Gasteiger charge is -2.21. The van der Waals surface area contributed by atoms with Crippen LogP contribution < -0.4 is 20.7 Å². The maximum atomic E-state index is 11.9. The van der Waals surface area contributed by atoms with Crippen LogP contribution in [0.1, 0.15) is 47.1 Å². The molecular weight excluding hydrogens is 318 g/mol. The Morgan fingerprint density at radius 1 is 1.28 bits per heavy atom. The number of nitrogens with one attached hydrogen (secondary N) is 3. The molecule has 0 aliphatic carbocycles. The fourth-order valence-electron chi connectivity index (χ4n) is 1.95. The number of hydrogen-bond donors (Lipinski definition) is 3. The number of guanidine groups is 1. The zero-order chi connectivity index (χ0) is 18.9. The van der Waals surface area contributed by atoms with Crippen LogP contribution in [-0.4, -0.2) is 41.6 Å². The topological polar surface area (TPSA) is 87.6 Å². The first kappa shape index (κ1) is 20.7. The van der Waals surface area contributed by atoms with E-state index in [1.165, 1.54) is 0 Å². The molecule has 0 radical (unpaired) electrons. The quantitative estimate of drug-likeness (QED) is 0.516. The molecule has 0 saturated carbocycles. The molecule has 0 spiro atoms. The highest BCUT2D eigenvalue weighted by Gasteiger charge is 2.13. The highest BCUT2D eigenvalue weighted by molar-refractivity contribution is 5.86. The molecule has 25 heavy (non-hydrogen) atoms. The van der Waals surface area contributed by atoms with E-state index < -0.39 is 0 Å². The molecule has 0 aromatic carbocycles. The van der Waals surface area contributed by atoms with Crippen LogP contribution in [0.25, 0.3) is 0 Å². The molecule has 0 fully saturated rings. The van der Waals surface area contributed by atoms with Crippen LogP contribution >= 0.6 is 0 Å². The summed E-state index contributed by atoms with van der Waals surface area (Å²) < 4.78 is 5.52. The maximum Gasteiger partial charge on any atom is 0.239 e. The predicted octanol–water partition coefficient (Wildman–Crippen LogP) is 1.84. The lowest BCUT2D eigenvalue weighted by Crippen LogP contribution is -2.48. The van der Waals surface area contributed by atoms with Crippen LogP contribution in [-0.2, 0) is 11.3 Å². The highest BCUT2D eigenvalue weighted by atomic mass is 16.5. The monoisotopic (exact) mass is 349 g/mol. The predicted molar refractivity (Wildman–Crippen MR) is 101 cm³/mol. The molecule has 1 heterocycles. The molecule has 0 aliphatic heterocycles. The van der Waals surface area contributed by atoms with Crippen molar-refractivity contribution >= 4 is 11.9 Å². The zero-order valence-corrected chi connectivity index (χ0v) is 16.1. The number of rotatable bonds is 7. The Kier molecular flexibility index (Phi) is 8.18. The van der Waals surface area contributed by atoms with E-state index in [1.807, 2.05) is 53.7 Å². The molecule has 1 amide bonds. The van der Waals surface area contributed by atoms with E-state index in [4.69, 9.17) is 4.74 Å². The molecule has 140 valence electrons. The third-order valence-corrected chi connectivity index (χ3v) is 2.85. The van der Waals surface area contributed by atoms with Crippen molar-refractivity contribution in [1.29, 1.82) is 0 Å². The number of nitrogens with zero attached hydrogens (tertiary/aromatic N) is 2. The van der Waals surface area contributed by atoms with Gasteiger partial charge in [-0.1, -0.05) is 6.07 Å². The van der Waals surface area contributed by atoms with Gasteiger partial charge in [-0.05, 0) is 47.1 Å². The van der Waals surface area contributed by atoms with Crippen molar-refractivity contribution in [1.82, 2.24) is 20.9 Å². The molecule has 0 atom stereocenters. The second kappa shape index (κ2) is 9.86. The summed E-state index contributed by atoms with van der Waals surface area (Å²) in [6, 6.07) is 3.77. The molecule has 0 bridgehead atoms. The Labute approximate surface area is 150 Å². The SMILES string of the molecule is CCNC(=NCc1ccc(OC(C)C)nc1)NCC(=O)NC(C)(C)C. The summed E-state index contributed by atoms with van der Waals surface area (Å²) in [6.07, 6.45) is 1.84. The second-order valence-electron chi connectivity index (χ2n) is 7.02. The van der Waals surface area contributed by atoms with Gasteiger partial charge in [0.15, 0.2) is 5.96 Å². The molecule has 1 rings (SSSR count). The fourth-order valence-corrected chi connectivity index (χ4v) is 1.95. The first-order valence-corrected chi connectivity index (χ1v) is 8.64. The van der Waals surface area contributed by atoms with Crippen LogP contribution in [0, 0.1) is 0 Å². The first-order chi connectivity index (χ1) is 11.7. The molecule has 3 N–H and O–H groups in total. The molecule has 7 nitrogen and oxygen atoms in total. The van der Waals surface area contributed by atoms with E-state index >= 15 is 0 Å². The van der Waals surface area contributed by atoms with E-state index in [9.17, 15) is 4.79 Å². The van der Waals surface area contributed by atoms with Gasteiger partial charge in [0, 0.05) is 24.3 Å². The minimum atomic E-state index is -0.250. The van der Waals surface area contributed by atoms with Gasteiger partial charge < -0.3 is 20.7 Å². The van der Waals surface area contributed by atoms with Crippen molar-refractivity contribution < 1.29 is 9.53 Å². The van der Waals surface area contributed by atoms with Crippen LogP contribution in [0.2, 0.25) is 0 Å². The number of carbonyl (C=O) groups excluding carboxylic acids is 1. The minimum Gasteiger partial charge on any atom is -0.475 e. The first-order valence-electron chi connectivity index (χ1n) is 8.64. The van der Waals surface area contributed by atoms with Crippen molar-refractivity contribution in [2.24, 2.45) is 4.99 Å². The highest BCUT2D eigenvalue weighted by Crippen LogP contribution is 2.10. The summed E-state index contributed by atoms with van der Waals surface area (Å²) in [5.41, 5.74) is 0.715. The van der Waals surface area contributed by atoms with E-state index in [2.05, 4.69) is 25.9 Å². The Bertz CT molecular complexity index is 562. The van der Waals surface area contributed by atoms with Crippen molar-refractivity contribution in [2.45, 2.75) is 59.7 Å². The van der Waals surface area contributed by atoms with Gasteiger partial charge in [0.05, 0.1) is 19.2 Å². The van der Waals surface area contributed by atoms with Crippen LogP contribution in [0.3, 0.4) is 0 Å². The van der Waals surface area contributed by atoms with Gasteiger partial charge >= 0.3 is 0 Å². The summed E-state index contributed by atoms with van der Waals surface area (Å²) in [5, 5.41) is 9.06. The number of pyridine rings is 1. The lowest BCUT2D eigenvalue weighted by atomic mass is 10.1. The number of amides is 1. The Morgan fingerprint density at radius 2 is 2.00 bits per heavy atom. The van der Waals surface area contributed by atoms with Gasteiger partial charge in [-0.15, -0.1) is 0 Å². The van der Waals surface area contributed by atoms with Crippen molar-refractivity contribution in [3.8, 4) is 5.88 Å². The van der Waals surface area contributed by atoms with Gasteiger partial charge in [0.2, 0.25) is 11.8 Å². The van der Waals surface area contributed by atoms with Gasteiger partial charge in [-0.2, -0.15) is 0 Å². The molecule has 0 unspecified atom stereocenters. The Hall–Kier alpha value is -2.31. The fraction of sp³-hybridized carbons (Fsp3) is 0.611. The van der Waals surface area contributed by atoms with Crippen LogP contribution in [0.15, 0.2) is 23.3 Å². The third kappa shape index (κ3) is 9.54. The molecular formula is C18H31N5O2. The summed E-state index contributed by atoms with van der Waals surface area (Å²) in [5.74, 6) is 1.12. The van der Waals surface area contributed by atoms with E-state index in [-0.39, 0.29) is 24.1 Å². The van der Waals surface area contributed by atoms with Crippen molar-refractivity contribution in [3.05, 3.63) is 23.9 Å². The second-order valence-corrected chi connectivity index (χ2v) is 7.02. The molecule has 0 aliphatic rings. The smallest absolute Gasteiger partial charge is 0.239 e. The van der Waals surface area contributed by atoms with Gasteiger partial charge in [0.25, 0.3) is 0 Å². The standard InChI is InChI=1S/C18H31N5O2/c1-7-19-17(22-12-15(24)23-18(4,5)6)21-11-14-8-9-16(20-10-14)25-13(2)3/h8-10,13H,7,11-12H2,1-6H3,(H,23,24)(H2,19,21,22). The normalized spacial score (nSPS) is 12.0. The maximum absolute atomic E-state index is 11.9. The van der Waals surface area contributed by atoms with Gasteiger partial charge in [-0.3, -0.25) is 4.79 Å². The van der Waals surface area contributed by atoms with Crippen molar-refractivity contribution in [3.63, 3.8) is 0 Å². The number of aromatic nitrogens is 1. The van der Waals surface area contributed by atoms with E-state index in [1.54, 1.807) is 6.20 Å².